The maximum atomic E-state index is 12.2. The van der Waals surface area contributed by atoms with Crippen LogP contribution in [-0.4, -0.2) is 25.4 Å². The Labute approximate surface area is 124 Å². The Hall–Kier alpha value is -2.24. The van der Waals surface area contributed by atoms with E-state index in [1.54, 1.807) is 18.6 Å². The second kappa shape index (κ2) is 6.47. The van der Waals surface area contributed by atoms with Gasteiger partial charge in [0.15, 0.2) is 0 Å². The van der Waals surface area contributed by atoms with Crippen LogP contribution in [0.3, 0.4) is 0 Å². The number of rotatable bonds is 5. The van der Waals surface area contributed by atoms with Crippen LogP contribution in [0.4, 0.5) is 0 Å². The number of aryl methyl sites for hydroxylation is 1. The van der Waals surface area contributed by atoms with E-state index in [9.17, 15) is 4.79 Å². The van der Waals surface area contributed by atoms with Gasteiger partial charge in [0.1, 0.15) is 11.9 Å². The zero-order valence-corrected chi connectivity index (χ0v) is 12.9. The number of carbonyl (C=O) groups is 1. The van der Waals surface area contributed by atoms with Crippen LogP contribution < -0.4 is 5.32 Å². The second-order valence-corrected chi connectivity index (χ2v) is 5.39. The fourth-order valence-electron chi connectivity index (χ4n) is 2.06. The fraction of sp³-hybridized carbons (Fsp3) is 0.467. The van der Waals surface area contributed by atoms with Gasteiger partial charge in [0.05, 0.1) is 24.1 Å². The van der Waals surface area contributed by atoms with Crippen molar-refractivity contribution < 1.29 is 4.79 Å². The van der Waals surface area contributed by atoms with Crippen molar-refractivity contribution in [1.82, 2.24) is 24.8 Å². The van der Waals surface area contributed by atoms with Crippen LogP contribution >= 0.6 is 0 Å². The smallest absolute Gasteiger partial charge is 0.243 e. The number of imidazole rings is 1. The Bertz CT molecular complexity index is 603. The molecule has 0 saturated carbocycles. The molecular formula is C15H21N5O. The summed E-state index contributed by atoms with van der Waals surface area (Å²) in [7, 11) is 0. The van der Waals surface area contributed by atoms with Gasteiger partial charge in [0.2, 0.25) is 5.91 Å². The zero-order valence-electron chi connectivity index (χ0n) is 12.9. The molecule has 2 aromatic rings. The third kappa shape index (κ3) is 3.65. The van der Waals surface area contributed by atoms with Crippen molar-refractivity contribution in [2.45, 2.75) is 46.2 Å². The monoisotopic (exact) mass is 287 g/mol. The van der Waals surface area contributed by atoms with E-state index in [1.807, 2.05) is 24.6 Å². The average molecular weight is 287 g/mol. The molecular weight excluding hydrogens is 266 g/mol. The predicted molar refractivity (Wildman–Crippen MR) is 79.6 cm³/mol. The molecule has 1 unspecified atom stereocenters. The molecule has 0 saturated heterocycles. The van der Waals surface area contributed by atoms with Crippen LogP contribution in [-0.2, 0) is 11.3 Å². The number of hydrogen-bond donors (Lipinski definition) is 1. The van der Waals surface area contributed by atoms with E-state index in [2.05, 4.69) is 34.1 Å². The van der Waals surface area contributed by atoms with Gasteiger partial charge in [-0.05, 0) is 13.8 Å². The van der Waals surface area contributed by atoms with Crippen LogP contribution in [0.15, 0.2) is 24.8 Å². The topological polar surface area (TPSA) is 72.7 Å². The molecule has 0 spiro atoms. The molecule has 6 heteroatoms. The highest BCUT2D eigenvalue weighted by molar-refractivity contribution is 5.79. The van der Waals surface area contributed by atoms with Crippen molar-refractivity contribution in [2.75, 3.05) is 0 Å². The van der Waals surface area contributed by atoms with E-state index in [4.69, 9.17) is 0 Å². The van der Waals surface area contributed by atoms with Crippen LogP contribution in [0.1, 0.15) is 49.9 Å². The molecule has 0 aromatic carbocycles. The lowest BCUT2D eigenvalue weighted by Crippen LogP contribution is -2.31. The number of carbonyl (C=O) groups excluding carboxylic acids is 1. The molecule has 6 nitrogen and oxygen atoms in total. The quantitative estimate of drug-likeness (QED) is 0.912. The van der Waals surface area contributed by atoms with Gasteiger partial charge in [0.25, 0.3) is 0 Å². The van der Waals surface area contributed by atoms with E-state index in [0.29, 0.717) is 6.54 Å². The van der Waals surface area contributed by atoms with E-state index in [1.165, 1.54) is 0 Å². The van der Waals surface area contributed by atoms with Gasteiger partial charge >= 0.3 is 0 Å². The number of hydrogen-bond acceptors (Lipinski definition) is 4. The summed E-state index contributed by atoms with van der Waals surface area (Å²) in [5.74, 6) is 1.13. The van der Waals surface area contributed by atoms with Crippen LogP contribution in [0.25, 0.3) is 0 Å². The number of aromatic nitrogens is 4. The highest BCUT2D eigenvalue weighted by Crippen LogP contribution is 2.17. The number of amides is 1. The summed E-state index contributed by atoms with van der Waals surface area (Å²) in [6.45, 7) is 8.24. The Balaban J connectivity index is 1.99. The largest absolute Gasteiger partial charge is 0.349 e. The first kappa shape index (κ1) is 15.2. The molecule has 2 rings (SSSR count). The summed E-state index contributed by atoms with van der Waals surface area (Å²) in [6.07, 6.45) is 6.94. The third-order valence-corrected chi connectivity index (χ3v) is 3.29. The normalized spacial score (nSPS) is 12.4. The fourth-order valence-corrected chi connectivity index (χ4v) is 2.06. The third-order valence-electron chi connectivity index (χ3n) is 3.29. The molecule has 0 radical (unpaired) electrons. The predicted octanol–water partition coefficient (Wildman–Crippen LogP) is 1.98. The minimum absolute atomic E-state index is 0.0581. The van der Waals surface area contributed by atoms with Crippen molar-refractivity contribution in [1.29, 1.82) is 0 Å². The lowest BCUT2D eigenvalue weighted by molar-refractivity contribution is -0.124. The first-order valence-electron chi connectivity index (χ1n) is 7.07. The zero-order chi connectivity index (χ0) is 15.4. The Kier molecular flexibility index (Phi) is 4.67. The second-order valence-electron chi connectivity index (χ2n) is 5.39. The summed E-state index contributed by atoms with van der Waals surface area (Å²) in [4.78, 5) is 24.9. The molecule has 112 valence electrons. The summed E-state index contributed by atoms with van der Waals surface area (Å²) in [5, 5.41) is 2.88. The Morgan fingerprint density at radius 1 is 1.24 bits per heavy atom. The maximum absolute atomic E-state index is 12.2. The summed E-state index contributed by atoms with van der Waals surface area (Å²) >= 11 is 0. The number of nitrogens with zero attached hydrogens (tertiary/aromatic N) is 4. The molecule has 21 heavy (non-hydrogen) atoms. The molecule has 0 aliphatic carbocycles. The molecule has 2 heterocycles. The summed E-state index contributed by atoms with van der Waals surface area (Å²) in [6, 6.07) is -0.302. The van der Waals surface area contributed by atoms with Crippen LogP contribution in [0.5, 0.6) is 0 Å². The van der Waals surface area contributed by atoms with Gasteiger partial charge in [-0.3, -0.25) is 14.8 Å². The van der Waals surface area contributed by atoms with Gasteiger partial charge in [-0.25, -0.2) is 4.98 Å². The molecule has 0 aliphatic heterocycles. The lowest BCUT2D eigenvalue weighted by Gasteiger charge is -2.17. The van der Waals surface area contributed by atoms with E-state index < -0.39 is 0 Å². The van der Waals surface area contributed by atoms with Crippen molar-refractivity contribution >= 4 is 5.91 Å². The minimum atomic E-state index is -0.302. The number of nitrogens with one attached hydrogen (secondary N) is 1. The van der Waals surface area contributed by atoms with Crippen molar-refractivity contribution in [3.63, 3.8) is 0 Å². The minimum Gasteiger partial charge on any atom is -0.349 e. The van der Waals surface area contributed by atoms with Crippen LogP contribution in [0, 0.1) is 6.92 Å². The first-order valence-corrected chi connectivity index (χ1v) is 7.07. The Morgan fingerprint density at radius 3 is 2.62 bits per heavy atom. The molecule has 2 aromatic heterocycles. The maximum Gasteiger partial charge on any atom is 0.243 e. The van der Waals surface area contributed by atoms with Crippen LogP contribution in [0.2, 0.25) is 0 Å². The van der Waals surface area contributed by atoms with Crippen molar-refractivity contribution in [3.8, 4) is 0 Å². The highest BCUT2D eigenvalue weighted by atomic mass is 16.2. The molecule has 1 amide bonds. The molecule has 0 fully saturated rings. The molecule has 1 N–H and O–H groups in total. The van der Waals surface area contributed by atoms with Crippen molar-refractivity contribution in [3.05, 3.63) is 42.0 Å². The van der Waals surface area contributed by atoms with E-state index in [0.717, 1.165) is 17.2 Å². The van der Waals surface area contributed by atoms with Gasteiger partial charge in [-0.15, -0.1) is 0 Å². The molecule has 0 aliphatic rings. The van der Waals surface area contributed by atoms with Gasteiger partial charge in [-0.2, -0.15) is 0 Å². The molecule has 0 bridgehead atoms. The highest BCUT2D eigenvalue weighted by Gasteiger charge is 2.18. The SMILES string of the molecule is Cc1cnc(CNC(=O)C(C)n2ccnc2C(C)C)cn1. The van der Waals surface area contributed by atoms with Gasteiger partial charge in [-0.1, -0.05) is 13.8 Å². The van der Waals surface area contributed by atoms with E-state index >= 15 is 0 Å². The van der Waals surface area contributed by atoms with Crippen molar-refractivity contribution in [2.24, 2.45) is 0 Å². The van der Waals surface area contributed by atoms with E-state index in [-0.39, 0.29) is 17.9 Å². The lowest BCUT2D eigenvalue weighted by atomic mass is 10.2. The Morgan fingerprint density at radius 2 is 2.00 bits per heavy atom. The average Bonchev–Trinajstić information content (AvgIpc) is 2.95. The summed E-state index contributed by atoms with van der Waals surface area (Å²) < 4.78 is 1.90. The van der Waals surface area contributed by atoms with Gasteiger partial charge in [0, 0.05) is 24.5 Å². The molecule has 1 atom stereocenters. The standard InChI is InChI=1S/C15H21N5O/c1-10(2)14-16-5-6-20(14)12(4)15(21)19-9-13-8-17-11(3)7-18-13/h5-8,10,12H,9H2,1-4H3,(H,19,21). The summed E-state index contributed by atoms with van der Waals surface area (Å²) in [5.41, 5.74) is 1.61. The first-order chi connectivity index (χ1) is 9.99. The van der Waals surface area contributed by atoms with Gasteiger partial charge < -0.3 is 9.88 Å².